The number of fused-ring (bicyclic) bond motifs is 1. The van der Waals surface area contributed by atoms with Crippen LogP contribution in [-0.4, -0.2) is 66.1 Å². The number of aliphatic hydroxyl groups excluding tert-OH is 1. The summed E-state index contributed by atoms with van der Waals surface area (Å²) in [5.41, 5.74) is 0.613. The van der Waals surface area contributed by atoms with Gasteiger partial charge in [0.25, 0.3) is 0 Å². The molecule has 0 spiro atoms. The Morgan fingerprint density at radius 3 is 2.79 bits per heavy atom. The van der Waals surface area contributed by atoms with Crippen LogP contribution in [0.1, 0.15) is 44.1 Å². The molecule has 2 N–H and O–H groups in total. The lowest BCUT2D eigenvalue weighted by molar-refractivity contribution is -0.158. The SMILES string of the molecule is O=C(C[C@@H]1CC[C@@H]2[C@H](COC[C@H](O)CN2Cc2ccccc2F)O1)NC1CCC1. The van der Waals surface area contributed by atoms with Gasteiger partial charge in [-0.2, -0.15) is 0 Å². The van der Waals surface area contributed by atoms with Crippen molar-refractivity contribution >= 4 is 5.91 Å². The third-order valence-electron chi connectivity index (χ3n) is 6.30. The molecule has 0 aromatic heterocycles. The molecule has 2 saturated heterocycles. The van der Waals surface area contributed by atoms with Gasteiger partial charge in [-0.1, -0.05) is 18.2 Å². The van der Waals surface area contributed by atoms with Crippen LogP contribution in [0.4, 0.5) is 4.39 Å². The number of nitrogens with zero attached hydrogens (tertiary/aromatic N) is 1. The van der Waals surface area contributed by atoms with Gasteiger partial charge in [-0.15, -0.1) is 0 Å². The molecular formula is C22H31FN2O4. The van der Waals surface area contributed by atoms with E-state index in [9.17, 15) is 14.3 Å². The van der Waals surface area contributed by atoms with E-state index >= 15 is 0 Å². The van der Waals surface area contributed by atoms with Gasteiger partial charge in [-0.3, -0.25) is 9.69 Å². The molecule has 0 unspecified atom stereocenters. The van der Waals surface area contributed by atoms with E-state index in [0.717, 1.165) is 25.7 Å². The lowest BCUT2D eigenvalue weighted by atomic mass is 9.92. The van der Waals surface area contributed by atoms with Crippen LogP contribution in [0.2, 0.25) is 0 Å². The van der Waals surface area contributed by atoms with Gasteiger partial charge in [-0.25, -0.2) is 4.39 Å². The molecule has 4 rings (SSSR count). The second-order valence-electron chi connectivity index (χ2n) is 8.55. The lowest BCUT2D eigenvalue weighted by Crippen LogP contribution is -2.55. The fourth-order valence-corrected chi connectivity index (χ4v) is 4.52. The highest BCUT2D eigenvalue weighted by atomic mass is 19.1. The van der Waals surface area contributed by atoms with Gasteiger partial charge in [0.05, 0.1) is 37.9 Å². The third kappa shape index (κ3) is 5.34. The quantitative estimate of drug-likeness (QED) is 0.783. The minimum atomic E-state index is -0.617. The van der Waals surface area contributed by atoms with Gasteiger partial charge in [0, 0.05) is 30.7 Å². The number of benzene rings is 1. The molecule has 2 heterocycles. The van der Waals surface area contributed by atoms with E-state index in [-0.39, 0.29) is 36.6 Å². The van der Waals surface area contributed by atoms with Gasteiger partial charge in [0.1, 0.15) is 5.82 Å². The van der Waals surface area contributed by atoms with Crippen LogP contribution in [0.25, 0.3) is 0 Å². The average Bonchev–Trinajstić information content (AvgIpc) is 2.65. The van der Waals surface area contributed by atoms with E-state index in [4.69, 9.17) is 9.47 Å². The van der Waals surface area contributed by atoms with Gasteiger partial charge >= 0.3 is 0 Å². The second kappa shape index (κ2) is 9.51. The number of aliphatic hydroxyl groups is 1. The smallest absolute Gasteiger partial charge is 0.222 e. The van der Waals surface area contributed by atoms with Crippen LogP contribution in [0.15, 0.2) is 24.3 Å². The highest BCUT2D eigenvalue weighted by Crippen LogP contribution is 2.29. The molecule has 1 amide bonds. The first-order chi connectivity index (χ1) is 14.1. The minimum absolute atomic E-state index is 0.0236. The summed E-state index contributed by atoms with van der Waals surface area (Å²) in [6.45, 7) is 1.43. The summed E-state index contributed by atoms with van der Waals surface area (Å²) in [5.74, 6) is -0.178. The number of halogens is 1. The van der Waals surface area contributed by atoms with Crippen molar-refractivity contribution in [2.75, 3.05) is 19.8 Å². The Kier molecular flexibility index (Phi) is 6.80. The summed E-state index contributed by atoms with van der Waals surface area (Å²) in [6.07, 6.45) is 4.37. The molecule has 3 aliphatic rings. The van der Waals surface area contributed by atoms with E-state index in [1.165, 1.54) is 12.5 Å². The van der Waals surface area contributed by atoms with Crippen LogP contribution in [0, 0.1) is 5.82 Å². The van der Waals surface area contributed by atoms with Crippen molar-refractivity contribution in [2.24, 2.45) is 0 Å². The Balaban J connectivity index is 1.40. The number of amides is 1. The van der Waals surface area contributed by atoms with Crippen molar-refractivity contribution in [1.82, 2.24) is 10.2 Å². The topological polar surface area (TPSA) is 71.0 Å². The molecule has 1 aromatic carbocycles. The van der Waals surface area contributed by atoms with Crippen LogP contribution < -0.4 is 5.32 Å². The zero-order valence-electron chi connectivity index (χ0n) is 16.8. The maximum Gasteiger partial charge on any atom is 0.222 e. The van der Waals surface area contributed by atoms with Gasteiger partial charge in [-0.05, 0) is 38.2 Å². The van der Waals surface area contributed by atoms with Crippen LogP contribution in [0.3, 0.4) is 0 Å². The number of hydrogen-bond acceptors (Lipinski definition) is 5. The lowest BCUT2D eigenvalue weighted by Gasteiger charge is -2.44. The first kappa shape index (κ1) is 20.7. The van der Waals surface area contributed by atoms with Crippen molar-refractivity contribution in [3.05, 3.63) is 35.6 Å². The van der Waals surface area contributed by atoms with E-state index in [1.54, 1.807) is 12.1 Å². The molecule has 0 radical (unpaired) electrons. The van der Waals surface area contributed by atoms with Crippen LogP contribution in [0.5, 0.6) is 0 Å². The van der Waals surface area contributed by atoms with Gasteiger partial charge in [0.2, 0.25) is 5.91 Å². The highest BCUT2D eigenvalue weighted by molar-refractivity contribution is 5.76. The number of rotatable bonds is 5. The molecule has 0 bridgehead atoms. The Hall–Kier alpha value is -1.54. The molecule has 1 aliphatic carbocycles. The van der Waals surface area contributed by atoms with E-state index in [0.29, 0.717) is 37.7 Å². The molecule has 2 aliphatic heterocycles. The summed E-state index contributed by atoms with van der Waals surface area (Å²) >= 11 is 0. The van der Waals surface area contributed by atoms with Crippen LogP contribution >= 0.6 is 0 Å². The Bertz CT molecular complexity index is 699. The van der Waals surface area contributed by atoms with Gasteiger partial charge < -0.3 is 19.9 Å². The van der Waals surface area contributed by atoms with Crippen molar-refractivity contribution < 1.29 is 23.8 Å². The number of nitrogens with one attached hydrogen (secondary N) is 1. The summed E-state index contributed by atoms with van der Waals surface area (Å²) in [6, 6.07) is 7.11. The minimum Gasteiger partial charge on any atom is -0.389 e. The predicted octanol–water partition coefficient (Wildman–Crippen LogP) is 1.99. The second-order valence-corrected chi connectivity index (χ2v) is 8.55. The molecule has 1 aromatic rings. The number of carbonyl (C=O) groups excluding carboxylic acids is 1. The summed E-state index contributed by atoms with van der Waals surface area (Å²) < 4.78 is 26.1. The monoisotopic (exact) mass is 406 g/mol. The first-order valence-electron chi connectivity index (χ1n) is 10.8. The number of β-amino-alcohol motifs (C(OH)–C–C–N with tert-alkyl or cyclic N) is 1. The Morgan fingerprint density at radius 1 is 1.21 bits per heavy atom. The molecule has 3 fully saturated rings. The third-order valence-corrected chi connectivity index (χ3v) is 6.30. The molecular weight excluding hydrogens is 375 g/mol. The zero-order chi connectivity index (χ0) is 20.2. The summed E-state index contributed by atoms with van der Waals surface area (Å²) in [5, 5.41) is 13.3. The molecule has 6 nitrogen and oxygen atoms in total. The molecule has 29 heavy (non-hydrogen) atoms. The summed E-state index contributed by atoms with van der Waals surface area (Å²) in [4.78, 5) is 14.4. The van der Waals surface area contributed by atoms with Crippen LogP contribution in [-0.2, 0) is 20.8 Å². The van der Waals surface area contributed by atoms with Crippen molar-refractivity contribution in [3.8, 4) is 0 Å². The highest BCUT2D eigenvalue weighted by Gasteiger charge is 2.38. The molecule has 4 atom stereocenters. The van der Waals surface area contributed by atoms with Crippen molar-refractivity contribution in [2.45, 2.75) is 75.5 Å². The van der Waals surface area contributed by atoms with E-state index in [2.05, 4.69) is 10.2 Å². The van der Waals surface area contributed by atoms with Crippen molar-refractivity contribution in [3.63, 3.8) is 0 Å². The number of ether oxygens (including phenoxy) is 2. The maximum absolute atomic E-state index is 14.2. The fraction of sp³-hybridized carbons (Fsp3) is 0.682. The Labute approximate surface area is 171 Å². The fourth-order valence-electron chi connectivity index (χ4n) is 4.52. The zero-order valence-corrected chi connectivity index (χ0v) is 16.8. The normalized spacial score (nSPS) is 31.2. The maximum atomic E-state index is 14.2. The Morgan fingerprint density at radius 2 is 2.03 bits per heavy atom. The molecule has 7 heteroatoms. The van der Waals surface area contributed by atoms with E-state index < -0.39 is 6.10 Å². The standard InChI is InChI=1S/C22H31FN2O4/c23-19-7-2-1-4-15(19)11-25-12-17(26)13-28-14-21-20(25)9-8-18(29-21)10-22(27)24-16-5-3-6-16/h1-2,4,7,16-18,20-21,26H,3,5-6,8-14H2,(H,24,27)/t17-,18+,20-,21+/m1/s1. The average molecular weight is 406 g/mol. The number of carbonyl (C=O) groups is 1. The predicted molar refractivity (Wildman–Crippen MR) is 106 cm³/mol. The first-order valence-corrected chi connectivity index (χ1v) is 10.8. The number of hydrogen-bond donors (Lipinski definition) is 2. The van der Waals surface area contributed by atoms with Crippen molar-refractivity contribution in [1.29, 1.82) is 0 Å². The summed E-state index contributed by atoms with van der Waals surface area (Å²) in [7, 11) is 0. The van der Waals surface area contributed by atoms with Gasteiger partial charge in [0.15, 0.2) is 0 Å². The molecule has 160 valence electrons. The molecule has 1 saturated carbocycles. The largest absolute Gasteiger partial charge is 0.389 e. The van der Waals surface area contributed by atoms with E-state index in [1.807, 2.05) is 6.07 Å².